The molecular weight excluding hydrogens is 262 g/mol. The summed E-state index contributed by atoms with van der Waals surface area (Å²) >= 11 is 0. The van der Waals surface area contributed by atoms with Gasteiger partial charge in [-0.15, -0.1) is 0 Å². The van der Waals surface area contributed by atoms with Gasteiger partial charge in [-0.25, -0.2) is 0 Å². The Morgan fingerprint density at radius 1 is 1.24 bits per heavy atom. The monoisotopic (exact) mass is 283 g/mol. The largest absolute Gasteiger partial charge is 0.361 e. The molecule has 21 heavy (non-hydrogen) atoms. The van der Waals surface area contributed by atoms with Crippen LogP contribution in [-0.2, 0) is 0 Å². The van der Waals surface area contributed by atoms with Gasteiger partial charge in [-0.3, -0.25) is 4.79 Å². The predicted molar refractivity (Wildman–Crippen MR) is 83.4 cm³/mol. The van der Waals surface area contributed by atoms with Crippen molar-refractivity contribution in [1.82, 2.24) is 15.2 Å². The van der Waals surface area contributed by atoms with Gasteiger partial charge in [-0.2, -0.15) is 0 Å². The topological polar surface area (TPSA) is 48.1 Å². The number of carbonyl (C=O) groups excluding carboxylic acids is 1. The van der Waals surface area contributed by atoms with Crippen LogP contribution in [0.5, 0.6) is 0 Å². The van der Waals surface area contributed by atoms with Crippen LogP contribution in [0, 0.1) is 0 Å². The van der Waals surface area contributed by atoms with E-state index in [9.17, 15) is 4.79 Å². The number of hydrogen-bond donors (Lipinski definition) is 2. The average molecular weight is 283 g/mol. The second kappa shape index (κ2) is 5.19. The van der Waals surface area contributed by atoms with Gasteiger partial charge in [-0.1, -0.05) is 6.07 Å². The third-order valence-electron chi connectivity index (χ3n) is 4.65. The number of carbonyl (C=O) groups is 1. The molecule has 2 N–H and O–H groups in total. The molecule has 2 aromatic rings. The highest BCUT2D eigenvalue weighted by Gasteiger charge is 2.35. The van der Waals surface area contributed by atoms with Gasteiger partial charge in [0.25, 0.3) is 5.91 Å². The van der Waals surface area contributed by atoms with E-state index in [1.807, 2.05) is 30.5 Å². The fraction of sp³-hybridized carbons (Fsp3) is 0.471. The van der Waals surface area contributed by atoms with Crippen LogP contribution in [0.15, 0.2) is 30.5 Å². The van der Waals surface area contributed by atoms with Crippen LogP contribution >= 0.6 is 0 Å². The lowest BCUT2D eigenvalue weighted by atomic mass is 10.1. The fourth-order valence-electron chi connectivity index (χ4n) is 3.36. The Morgan fingerprint density at radius 2 is 2.14 bits per heavy atom. The molecule has 1 aliphatic heterocycles. The number of nitrogens with one attached hydrogen (secondary N) is 2. The van der Waals surface area contributed by atoms with Crippen molar-refractivity contribution in [1.29, 1.82) is 0 Å². The Morgan fingerprint density at radius 3 is 2.90 bits per heavy atom. The Hall–Kier alpha value is -1.81. The van der Waals surface area contributed by atoms with Gasteiger partial charge in [0.1, 0.15) is 0 Å². The smallest absolute Gasteiger partial charge is 0.254 e. The highest BCUT2D eigenvalue weighted by Crippen LogP contribution is 2.30. The quantitative estimate of drug-likeness (QED) is 0.906. The number of nitrogens with zero attached hydrogens (tertiary/aromatic N) is 1. The molecule has 0 spiro atoms. The molecule has 4 rings (SSSR count). The maximum Gasteiger partial charge on any atom is 0.254 e. The van der Waals surface area contributed by atoms with Crippen molar-refractivity contribution < 1.29 is 4.79 Å². The number of amides is 1. The van der Waals surface area contributed by atoms with Crippen LogP contribution in [0.25, 0.3) is 10.9 Å². The minimum absolute atomic E-state index is 0.191. The maximum atomic E-state index is 13.0. The second-order valence-corrected chi connectivity index (χ2v) is 6.23. The normalized spacial score (nSPS) is 21.8. The molecule has 1 unspecified atom stereocenters. The Kier molecular flexibility index (Phi) is 3.19. The highest BCUT2D eigenvalue weighted by atomic mass is 16.2. The van der Waals surface area contributed by atoms with Crippen LogP contribution in [0.2, 0.25) is 0 Å². The first-order chi connectivity index (χ1) is 10.3. The Balaban J connectivity index is 1.62. The lowest BCUT2D eigenvalue weighted by molar-refractivity contribution is 0.0730. The zero-order valence-electron chi connectivity index (χ0n) is 12.1. The van der Waals surface area contributed by atoms with Gasteiger partial charge >= 0.3 is 0 Å². The van der Waals surface area contributed by atoms with Crippen LogP contribution in [0.1, 0.15) is 36.0 Å². The van der Waals surface area contributed by atoms with Gasteiger partial charge in [0, 0.05) is 41.3 Å². The molecule has 1 aromatic carbocycles. The minimum Gasteiger partial charge on any atom is -0.361 e. The van der Waals surface area contributed by atoms with Crippen molar-refractivity contribution in [2.24, 2.45) is 0 Å². The van der Waals surface area contributed by atoms with Crippen LogP contribution in [-0.4, -0.2) is 41.0 Å². The fourth-order valence-corrected chi connectivity index (χ4v) is 3.36. The zero-order chi connectivity index (χ0) is 14.2. The summed E-state index contributed by atoms with van der Waals surface area (Å²) in [4.78, 5) is 18.3. The SMILES string of the molecule is O=C(c1cccc2[nH]ccc12)N(CC1CCCN1)C1CC1. The summed E-state index contributed by atoms with van der Waals surface area (Å²) in [5.74, 6) is 0.191. The highest BCUT2D eigenvalue weighted by molar-refractivity contribution is 6.06. The van der Waals surface area contributed by atoms with Crippen molar-refractivity contribution in [3.63, 3.8) is 0 Å². The maximum absolute atomic E-state index is 13.0. The molecule has 2 heterocycles. The van der Waals surface area contributed by atoms with Crippen molar-refractivity contribution in [2.45, 2.75) is 37.8 Å². The number of aromatic nitrogens is 1. The predicted octanol–water partition coefficient (Wildman–Crippen LogP) is 2.52. The second-order valence-electron chi connectivity index (χ2n) is 6.23. The van der Waals surface area contributed by atoms with E-state index in [1.165, 1.54) is 12.8 Å². The van der Waals surface area contributed by atoms with Gasteiger partial charge < -0.3 is 15.2 Å². The lowest BCUT2D eigenvalue weighted by Gasteiger charge is -2.26. The number of rotatable bonds is 4. The number of aromatic amines is 1. The minimum atomic E-state index is 0.191. The molecule has 2 aliphatic rings. The Labute approximate surface area is 124 Å². The van der Waals surface area contributed by atoms with E-state index in [2.05, 4.69) is 15.2 Å². The van der Waals surface area contributed by atoms with Gasteiger partial charge in [0.2, 0.25) is 0 Å². The summed E-state index contributed by atoms with van der Waals surface area (Å²) in [6.45, 7) is 1.94. The standard InChI is InChI=1S/C17H21N3O/c21-17(15-4-1-5-16-14(15)8-10-19-16)20(13-6-7-13)11-12-3-2-9-18-12/h1,4-5,8,10,12-13,18-19H,2-3,6-7,9,11H2. The Bertz CT molecular complexity index is 653. The number of hydrogen-bond acceptors (Lipinski definition) is 2. The summed E-state index contributed by atoms with van der Waals surface area (Å²) in [5, 5.41) is 4.54. The molecule has 0 bridgehead atoms. The van der Waals surface area contributed by atoms with Gasteiger partial charge in [0.05, 0.1) is 0 Å². The number of benzene rings is 1. The summed E-state index contributed by atoms with van der Waals surface area (Å²) in [5.41, 5.74) is 1.87. The molecule has 110 valence electrons. The summed E-state index contributed by atoms with van der Waals surface area (Å²) in [7, 11) is 0. The van der Waals surface area contributed by atoms with E-state index in [0.29, 0.717) is 12.1 Å². The molecule has 1 aliphatic carbocycles. The van der Waals surface area contributed by atoms with Crippen molar-refractivity contribution in [3.05, 3.63) is 36.0 Å². The van der Waals surface area contributed by atoms with Gasteiger partial charge in [-0.05, 0) is 50.4 Å². The van der Waals surface area contributed by atoms with Crippen LogP contribution in [0.4, 0.5) is 0 Å². The van der Waals surface area contributed by atoms with E-state index >= 15 is 0 Å². The lowest BCUT2D eigenvalue weighted by Crippen LogP contribution is -2.42. The van der Waals surface area contributed by atoms with E-state index in [4.69, 9.17) is 0 Å². The van der Waals surface area contributed by atoms with Gasteiger partial charge in [0.15, 0.2) is 0 Å². The molecule has 4 heteroatoms. The first-order valence-corrected chi connectivity index (χ1v) is 7.93. The number of H-pyrrole nitrogens is 1. The molecule has 4 nitrogen and oxygen atoms in total. The summed E-state index contributed by atoms with van der Waals surface area (Å²) in [6, 6.07) is 8.86. The molecule has 1 amide bonds. The summed E-state index contributed by atoms with van der Waals surface area (Å²) in [6.07, 6.45) is 6.63. The molecule has 1 aromatic heterocycles. The van der Waals surface area contributed by atoms with Crippen molar-refractivity contribution in [2.75, 3.05) is 13.1 Å². The van der Waals surface area contributed by atoms with E-state index < -0.39 is 0 Å². The van der Waals surface area contributed by atoms with E-state index in [-0.39, 0.29) is 5.91 Å². The number of fused-ring (bicyclic) bond motifs is 1. The first kappa shape index (κ1) is 12.9. The van der Waals surface area contributed by atoms with E-state index in [0.717, 1.165) is 42.4 Å². The third kappa shape index (κ3) is 2.44. The van der Waals surface area contributed by atoms with Crippen molar-refractivity contribution in [3.8, 4) is 0 Å². The van der Waals surface area contributed by atoms with Crippen molar-refractivity contribution >= 4 is 16.8 Å². The molecule has 1 saturated carbocycles. The molecule has 1 saturated heterocycles. The zero-order valence-corrected chi connectivity index (χ0v) is 12.1. The van der Waals surface area contributed by atoms with E-state index in [1.54, 1.807) is 0 Å². The van der Waals surface area contributed by atoms with Crippen LogP contribution in [0.3, 0.4) is 0 Å². The molecule has 0 radical (unpaired) electrons. The molecule has 1 atom stereocenters. The third-order valence-corrected chi connectivity index (χ3v) is 4.65. The first-order valence-electron chi connectivity index (χ1n) is 7.93. The average Bonchev–Trinajstić information content (AvgIpc) is 3.02. The van der Waals surface area contributed by atoms with Crippen LogP contribution < -0.4 is 5.32 Å². The molecular formula is C17H21N3O. The summed E-state index contributed by atoms with van der Waals surface area (Å²) < 4.78 is 0. The molecule has 2 fully saturated rings.